The highest BCUT2D eigenvalue weighted by Gasteiger charge is 2.37. The van der Waals surface area contributed by atoms with E-state index in [1.165, 1.54) is 33.0 Å². The first-order valence-corrected chi connectivity index (χ1v) is 8.50. The van der Waals surface area contributed by atoms with Crippen molar-refractivity contribution in [3.63, 3.8) is 0 Å². The Balaban J connectivity index is 2.81. The van der Waals surface area contributed by atoms with Crippen LogP contribution >= 0.6 is 15.9 Å². The Hall–Kier alpha value is -2.63. The molecule has 8 nitrogen and oxygen atoms in total. The fourth-order valence-corrected chi connectivity index (χ4v) is 2.55. The van der Waals surface area contributed by atoms with Gasteiger partial charge in [0.05, 0.1) is 5.39 Å². The molecule has 2 heterocycles. The molecule has 2 rings (SSSR count). The number of ether oxygens (including phenoxy) is 1. The number of rotatable bonds is 3. The molecule has 28 heavy (non-hydrogen) atoms. The molecule has 2 aromatic heterocycles. The fourth-order valence-electron chi connectivity index (χ4n) is 2.22. The molecule has 0 bridgehead atoms. The quantitative estimate of drug-likeness (QED) is 0.745. The predicted octanol–water partition coefficient (Wildman–Crippen LogP) is 3.29. The number of alkyl halides is 3. The maximum atomic E-state index is 13.1. The highest BCUT2D eigenvalue weighted by Crippen LogP contribution is 2.21. The summed E-state index contributed by atoms with van der Waals surface area (Å²) in [6.45, 7) is 2.57. The number of carboxylic acids is 1. The zero-order valence-electron chi connectivity index (χ0n) is 14.9. The molecule has 1 amide bonds. The van der Waals surface area contributed by atoms with Crippen molar-refractivity contribution in [2.24, 2.45) is 0 Å². The van der Waals surface area contributed by atoms with Gasteiger partial charge < -0.3 is 9.84 Å². The first-order valence-electron chi connectivity index (χ1n) is 7.71. The highest BCUT2D eigenvalue weighted by molar-refractivity contribution is 9.10. The monoisotopic (exact) mass is 465 g/mol. The van der Waals surface area contributed by atoms with Crippen LogP contribution in [0.15, 0.2) is 27.7 Å². The van der Waals surface area contributed by atoms with E-state index in [2.05, 4.69) is 20.9 Å². The number of aromatic nitrogens is 2. The minimum absolute atomic E-state index is 0.139. The molecule has 0 aliphatic heterocycles. The lowest BCUT2D eigenvalue weighted by Crippen LogP contribution is -2.49. The van der Waals surface area contributed by atoms with Crippen LogP contribution in [-0.4, -0.2) is 45.2 Å². The Morgan fingerprint density at radius 2 is 1.93 bits per heavy atom. The molecule has 152 valence electrons. The van der Waals surface area contributed by atoms with Gasteiger partial charge in [-0.1, -0.05) is 0 Å². The number of fused-ring (bicyclic) bond motifs is 1. The molecule has 12 heteroatoms. The standard InChI is InChI=1S/C16H15BrF3N3O5/c1-15(2,3)28-14(27)23(7-16(18,19)20)22-6-10(13(25)26)11(24)9-4-8(17)5-21-12(9)22/h4-6H,7H2,1-3H3,(H,25,26). The van der Waals surface area contributed by atoms with E-state index in [4.69, 9.17) is 4.74 Å². The maximum Gasteiger partial charge on any atom is 0.429 e. The highest BCUT2D eigenvalue weighted by atomic mass is 79.9. The third-order valence-corrected chi connectivity index (χ3v) is 3.65. The molecule has 1 N–H and O–H groups in total. The van der Waals surface area contributed by atoms with Crippen molar-refractivity contribution < 1.29 is 32.6 Å². The summed E-state index contributed by atoms with van der Waals surface area (Å²) in [4.78, 5) is 40.1. The summed E-state index contributed by atoms with van der Waals surface area (Å²) in [7, 11) is 0. The second kappa shape index (κ2) is 7.41. The number of hydrogen-bond acceptors (Lipinski definition) is 5. The lowest BCUT2D eigenvalue weighted by atomic mass is 10.2. The van der Waals surface area contributed by atoms with E-state index >= 15 is 0 Å². The minimum Gasteiger partial charge on any atom is -0.477 e. The second-order valence-electron chi connectivity index (χ2n) is 6.70. The number of aromatic carboxylic acids is 1. The van der Waals surface area contributed by atoms with Crippen molar-refractivity contribution in [2.75, 3.05) is 11.6 Å². The molecular weight excluding hydrogens is 451 g/mol. The summed E-state index contributed by atoms with van der Waals surface area (Å²) in [5, 5.41) is 9.11. The van der Waals surface area contributed by atoms with Gasteiger partial charge in [0.25, 0.3) is 0 Å². The van der Waals surface area contributed by atoms with E-state index in [1.807, 2.05) is 0 Å². The van der Waals surface area contributed by atoms with Gasteiger partial charge in [-0.3, -0.25) is 4.79 Å². The molecule has 0 saturated carbocycles. The Kier molecular flexibility index (Phi) is 5.74. The van der Waals surface area contributed by atoms with Gasteiger partial charge in [0, 0.05) is 16.9 Å². The second-order valence-corrected chi connectivity index (χ2v) is 7.62. The predicted molar refractivity (Wildman–Crippen MR) is 96.0 cm³/mol. The summed E-state index contributed by atoms with van der Waals surface area (Å²) >= 11 is 3.06. The lowest BCUT2D eigenvalue weighted by Gasteiger charge is -2.30. The molecule has 0 spiro atoms. The normalized spacial score (nSPS) is 12.1. The van der Waals surface area contributed by atoms with Crippen LogP contribution in [0.4, 0.5) is 18.0 Å². The zero-order valence-corrected chi connectivity index (χ0v) is 16.5. The van der Waals surface area contributed by atoms with Gasteiger partial charge in [-0.15, -0.1) is 0 Å². The zero-order chi connectivity index (χ0) is 21.4. The van der Waals surface area contributed by atoms with Gasteiger partial charge in [0.2, 0.25) is 5.43 Å². The Labute approximate surface area is 164 Å². The Morgan fingerprint density at radius 3 is 2.43 bits per heavy atom. The topological polar surface area (TPSA) is 102 Å². The Morgan fingerprint density at radius 1 is 1.32 bits per heavy atom. The van der Waals surface area contributed by atoms with Gasteiger partial charge >= 0.3 is 18.2 Å². The number of carbonyl (C=O) groups is 2. The molecule has 0 radical (unpaired) electrons. The third-order valence-electron chi connectivity index (χ3n) is 3.21. The van der Waals surface area contributed by atoms with Crippen LogP contribution in [0.5, 0.6) is 0 Å². The van der Waals surface area contributed by atoms with Crippen molar-refractivity contribution in [1.29, 1.82) is 0 Å². The Bertz CT molecular complexity index is 998. The number of carboxylic acid groups (broad SMARTS) is 1. The number of nitrogens with zero attached hydrogens (tertiary/aromatic N) is 3. The summed E-state index contributed by atoms with van der Waals surface area (Å²) in [5.41, 5.74) is -3.25. The van der Waals surface area contributed by atoms with Crippen LogP contribution in [0, 0.1) is 0 Å². The van der Waals surface area contributed by atoms with E-state index in [9.17, 15) is 32.7 Å². The van der Waals surface area contributed by atoms with Gasteiger partial charge in [-0.2, -0.15) is 13.2 Å². The molecule has 0 aliphatic carbocycles. The van der Waals surface area contributed by atoms with Crippen LogP contribution in [0.1, 0.15) is 31.1 Å². The van der Waals surface area contributed by atoms with Crippen molar-refractivity contribution >= 4 is 39.0 Å². The van der Waals surface area contributed by atoms with E-state index in [1.54, 1.807) is 0 Å². The van der Waals surface area contributed by atoms with Gasteiger partial charge in [0.1, 0.15) is 17.7 Å². The minimum atomic E-state index is -4.84. The van der Waals surface area contributed by atoms with Crippen LogP contribution in [-0.2, 0) is 4.74 Å². The van der Waals surface area contributed by atoms with Crippen molar-refractivity contribution in [1.82, 2.24) is 9.66 Å². The van der Waals surface area contributed by atoms with Crippen LogP contribution in [0.25, 0.3) is 11.0 Å². The van der Waals surface area contributed by atoms with E-state index in [0.29, 0.717) is 15.3 Å². The lowest BCUT2D eigenvalue weighted by molar-refractivity contribution is -0.122. The van der Waals surface area contributed by atoms with E-state index in [0.717, 1.165) is 0 Å². The third kappa shape index (κ3) is 5.00. The summed E-state index contributed by atoms with van der Waals surface area (Å²) < 4.78 is 45.2. The molecule has 0 fully saturated rings. The maximum absolute atomic E-state index is 13.1. The number of carbonyl (C=O) groups excluding carboxylic acids is 1. The largest absolute Gasteiger partial charge is 0.477 e. The number of pyridine rings is 2. The van der Waals surface area contributed by atoms with E-state index < -0.39 is 41.4 Å². The number of hydrogen-bond donors (Lipinski definition) is 1. The average molecular weight is 466 g/mol. The summed E-state index contributed by atoms with van der Waals surface area (Å²) in [6.07, 6.45) is -4.43. The van der Waals surface area contributed by atoms with Crippen LogP contribution in [0.2, 0.25) is 0 Å². The van der Waals surface area contributed by atoms with Gasteiger partial charge in [0.15, 0.2) is 5.65 Å². The first kappa shape index (κ1) is 21.7. The summed E-state index contributed by atoms with van der Waals surface area (Å²) in [6, 6.07) is 1.20. The number of amides is 1. The molecule has 2 aromatic rings. The molecular formula is C16H15BrF3N3O5. The van der Waals surface area contributed by atoms with Crippen molar-refractivity contribution in [3.8, 4) is 0 Å². The SMILES string of the molecule is CC(C)(C)OC(=O)N(CC(F)(F)F)n1cc(C(=O)O)c(=O)c2cc(Br)cnc21. The smallest absolute Gasteiger partial charge is 0.429 e. The van der Waals surface area contributed by atoms with E-state index in [-0.39, 0.29) is 16.0 Å². The average Bonchev–Trinajstić information content (AvgIpc) is 2.51. The van der Waals surface area contributed by atoms with Crippen LogP contribution in [0.3, 0.4) is 0 Å². The van der Waals surface area contributed by atoms with Crippen LogP contribution < -0.4 is 10.4 Å². The molecule has 0 aromatic carbocycles. The van der Waals surface area contributed by atoms with Crippen molar-refractivity contribution in [2.45, 2.75) is 32.5 Å². The molecule has 0 saturated heterocycles. The molecule has 0 atom stereocenters. The number of halogens is 4. The van der Waals surface area contributed by atoms with Gasteiger partial charge in [-0.25, -0.2) is 24.3 Å². The molecule has 0 aliphatic rings. The fraction of sp³-hybridized carbons (Fsp3) is 0.375. The molecule has 0 unspecified atom stereocenters. The van der Waals surface area contributed by atoms with Crippen molar-refractivity contribution in [3.05, 3.63) is 38.7 Å². The van der Waals surface area contributed by atoms with Gasteiger partial charge in [-0.05, 0) is 42.8 Å². The summed E-state index contributed by atoms with van der Waals surface area (Å²) in [5.74, 6) is -1.67. The first-order chi connectivity index (χ1) is 12.7.